The minimum Gasteiger partial charge on any atom is -0.313 e. The van der Waals surface area contributed by atoms with Crippen LogP contribution in [0.2, 0.25) is 0 Å². The molecule has 7 nitrogen and oxygen atoms in total. The molecule has 24 heavy (non-hydrogen) atoms. The maximum Gasteiger partial charge on any atom is 0.322 e. The van der Waals surface area contributed by atoms with E-state index in [0.29, 0.717) is 12.2 Å². The van der Waals surface area contributed by atoms with E-state index in [9.17, 15) is 14.0 Å². The lowest BCUT2D eigenvalue weighted by molar-refractivity contribution is -0.120. The molecular formula is C16H16FN5O2. The summed E-state index contributed by atoms with van der Waals surface area (Å²) in [5.74, 6) is -0.740. The molecule has 1 N–H and O–H groups in total. The molecule has 0 unspecified atom stereocenters. The number of urea groups is 1. The number of nitrogens with zero attached hydrogens (tertiary/aromatic N) is 4. The Hall–Kier alpha value is -3.03. The van der Waals surface area contributed by atoms with Crippen LogP contribution in [0, 0.1) is 12.7 Å². The summed E-state index contributed by atoms with van der Waals surface area (Å²) in [6.45, 7) is 2.40. The van der Waals surface area contributed by atoms with Crippen LogP contribution >= 0.6 is 0 Å². The second-order valence-electron chi connectivity index (χ2n) is 5.41. The van der Waals surface area contributed by atoms with Gasteiger partial charge in [-0.2, -0.15) is 0 Å². The quantitative estimate of drug-likeness (QED) is 0.911. The fraction of sp³-hybridized carbons (Fsp3) is 0.250. The first kappa shape index (κ1) is 15.9. The summed E-state index contributed by atoms with van der Waals surface area (Å²) in [6.07, 6.45) is 2.01. The Bertz CT molecular complexity index is 765. The van der Waals surface area contributed by atoms with Crippen molar-refractivity contribution in [2.24, 2.45) is 0 Å². The first-order valence-electron chi connectivity index (χ1n) is 7.44. The fourth-order valence-corrected chi connectivity index (χ4v) is 2.41. The average molecular weight is 329 g/mol. The normalized spacial score (nSPS) is 14.7. The molecule has 0 atom stereocenters. The average Bonchev–Trinajstić information content (AvgIpc) is 2.58. The first-order chi connectivity index (χ1) is 11.5. The van der Waals surface area contributed by atoms with Gasteiger partial charge < -0.3 is 10.2 Å². The van der Waals surface area contributed by atoms with Crippen molar-refractivity contribution in [2.75, 3.05) is 29.9 Å². The van der Waals surface area contributed by atoms with Gasteiger partial charge in [0.15, 0.2) is 5.82 Å². The fourth-order valence-electron chi connectivity index (χ4n) is 2.41. The zero-order valence-electron chi connectivity index (χ0n) is 13.1. The highest BCUT2D eigenvalue weighted by molar-refractivity contribution is 5.99. The second-order valence-corrected chi connectivity index (χ2v) is 5.41. The van der Waals surface area contributed by atoms with Crippen LogP contribution in [0.5, 0.6) is 0 Å². The molecular weight excluding hydrogens is 313 g/mol. The summed E-state index contributed by atoms with van der Waals surface area (Å²) < 4.78 is 12.9. The maximum atomic E-state index is 12.9. The van der Waals surface area contributed by atoms with Crippen LogP contribution in [0.15, 0.2) is 36.7 Å². The Labute approximate surface area is 138 Å². The number of hydrogen-bond donors (Lipinski definition) is 1. The monoisotopic (exact) mass is 329 g/mol. The minimum absolute atomic E-state index is 0.0849. The maximum absolute atomic E-state index is 12.9. The lowest BCUT2D eigenvalue weighted by atomic mass is 10.2. The van der Waals surface area contributed by atoms with Gasteiger partial charge in [0.25, 0.3) is 0 Å². The van der Waals surface area contributed by atoms with Crippen LogP contribution in [-0.4, -0.2) is 46.4 Å². The van der Waals surface area contributed by atoms with Gasteiger partial charge in [-0.1, -0.05) is 18.2 Å². The van der Waals surface area contributed by atoms with Gasteiger partial charge in [0, 0.05) is 18.8 Å². The van der Waals surface area contributed by atoms with Crippen molar-refractivity contribution in [1.82, 2.24) is 14.9 Å². The van der Waals surface area contributed by atoms with E-state index < -0.39 is 5.82 Å². The van der Waals surface area contributed by atoms with Gasteiger partial charge in [-0.15, -0.1) is 0 Å². The molecule has 1 fully saturated rings. The van der Waals surface area contributed by atoms with Gasteiger partial charge in [0.05, 0.1) is 12.4 Å². The molecule has 0 spiro atoms. The molecule has 1 aromatic heterocycles. The van der Waals surface area contributed by atoms with Gasteiger partial charge in [-0.3, -0.25) is 9.69 Å². The molecule has 0 saturated carbocycles. The third kappa shape index (κ3) is 3.32. The number of amides is 3. The summed E-state index contributed by atoms with van der Waals surface area (Å²) in [5, 5.41) is 2.80. The van der Waals surface area contributed by atoms with Crippen LogP contribution in [0.1, 0.15) is 5.56 Å². The van der Waals surface area contributed by atoms with Gasteiger partial charge in [-0.05, 0) is 18.6 Å². The zero-order valence-corrected chi connectivity index (χ0v) is 13.1. The number of benzene rings is 1. The summed E-state index contributed by atoms with van der Waals surface area (Å²) in [7, 11) is 0. The smallest absolute Gasteiger partial charge is 0.313 e. The number of aromatic nitrogens is 2. The zero-order chi connectivity index (χ0) is 17.1. The van der Waals surface area contributed by atoms with Crippen LogP contribution in [0.25, 0.3) is 0 Å². The van der Waals surface area contributed by atoms with Crippen molar-refractivity contribution >= 4 is 23.6 Å². The summed E-state index contributed by atoms with van der Waals surface area (Å²) in [4.78, 5) is 34.9. The Morgan fingerprint density at radius 3 is 2.58 bits per heavy atom. The van der Waals surface area contributed by atoms with Crippen molar-refractivity contribution in [3.05, 3.63) is 48.0 Å². The summed E-state index contributed by atoms with van der Waals surface area (Å²) in [5.41, 5.74) is 1.65. The number of piperazine rings is 1. The largest absolute Gasteiger partial charge is 0.322 e. The molecule has 2 heterocycles. The van der Waals surface area contributed by atoms with Crippen LogP contribution in [0.3, 0.4) is 0 Å². The van der Waals surface area contributed by atoms with Gasteiger partial charge in [-0.25, -0.2) is 19.2 Å². The number of anilines is 2. The molecule has 8 heteroatoms. The third-order valence-corrected chi connectivity index (χ3v) is 3.74. The second kappa shape index (κ2) is 6.61. The summed E-state index contributed by atoms with van der Waals surface area (Å²) in [6, 6.07) is 7.08. The van der Waals surface area contributed by atoms with Crippen molar-refractivity contribution in [2.45, 2.75) is 6.92 Å². The molecule has 3 amide bonds. The van der Waals surface area contributed by atoms with Crippen LogP contribution < -0.4 is 10.2 Å². The Morgan fingerprint density at radius 1 is 1.21 bits per heavy atom. The van der Waals surface area contributed by atoms with E-state index >= 15 is 0 Å². The van der Waals surface area contributed by atoms with Crippen molar-refractivity contribution in [3.63, 3.8) is 0 Å². The van der Waals surface area contributed by atoms with Crippen molar-refractivity contribution in [3.8, 4) is 0 Å². The van der Waals surface area contributed by atoms with Crippen molar-refractivity contribution < 1.29 is 14.0 Å². The molecule has 3 rings (SSSR count). The van der Waals surface area contributed by atoms with E-state index in [-0.39, 0.29) is 31.0 Å². The van der Waals surface area contributed by atoms with Gasteiger partial charge in [0.1, 0.15) is 6.54 Å². The number of carbonyl (C=O) groups is 2. The molecule has 124 valence electrons. The highest BCUT2D eigenvalue weighted by atomic mass is 19.1. The third-order valence-electron chi connectivity index (χ3n) is 3.74. The Morgan fingerprint density at radius 2 is 1.92 bits per heavy atom. The van der Waals surface area contributed by atoms with E-state index in [0.717, 1.165) is 18.0 Å². The van der Waals surface area contributed by atoms with E-state index in [1.165, 1.54) is 9.80 Å². The van der Waals surface area contributed by atoms with Crippen LogP contribution in [-0.2, 0) is 4.79 Å². The summed E-state index contributed by atoms with van der Waals surface area (Å²) >= 11 is 0. The molecule has 2 aromatic rings. The first-order valence-corrected chi connectivity index (χ1v) is 7.44. The Balaban J connectivity index is 1.65. The number of rotatable bonds is 2. The van der Waals surface area contributed by atoms with E-state index in [2.05, 4.69) is 15.3 Å². The highest BCUT2D eigenvalue weighted by Gasteiger charge is 2.29. The SMILES string of the molecule is Cc1ccccc1NC(=O)N1CCN(c2ncc(F)cn2)C(=O)C1. The van der Waals surface area contributed by atoms with E-state index in [4.69, 9.17) is 0 Å². The Kier molecular flexibility index (Phi) is 4.37. The number of nitrogens with one attached hydrogen (secondary N) is 1. The molecule has 0 aliphatic carbocycles. The minimum atomic E-state index is -0.567. The molecule has 0 bridgehead atoms. The van der Waals surface area contributed by atoms with Gasteiger partial charge >= 0.3 is 6.03 Å². The number of hydrogen-bond acceptors (Lipinski definition) is 4. The van der Waals surface area contributed by atoms with Crippen molar-refractivity contribution in [1.29, 1.82) is 0 Å². The molecule has 1 saturated heterocycles. The predicted molar refractivity (Wildman–Crippen MR) is 86.1 cm³/mol. The van der Waals surface area contributed by atoms with E-state index in [1.54, 1.807) is 6.07 Å². The lowest BCUT2D eigenvalue weighted by Gasteiger charge is -2.33. The number of aryl methyl sites for hydroxylation is 1. The molecule has 1 aliphatic heterocycles. The number of carbonyl (C=O) groups excluding carboxylic acids is 2. The lowest BCUT2D eigenvalue weighted by Crippen LogP contribution is -2.53. The van der Waals surface area contributed by atoms with Crippen LogP contribution in [0.4, 0.5) is 20.8 Å². The molecule has 0 radical (unpaired) electrons. The molecule has 1 aliphatic rings. The highest BCUT2D eigenvalue weighted by Crippen LogP contribution is 2.16. The van der Waals surface area contributed by atoms with Gasteiger partial charge in [0.2, 0.25) is 11.9 Å². The predicted octanol–water partition coefficient (Wildman–Crippen LogP) is 1.80. The number of halogens is 1. The molecule has 1 aromatic carbocycles. The number of para-hydroxylation sites is 1. The topological polar surface area (TPSA) is 78.4 Å². The van der Waals surface area contributed by atoms with E-state index in [1.807, 2.05) is 25.1 Å². The standard InChI is InChI=1S/C16H16FN5O2/c1-11-4-2-3-5-13(11)20-16(24)21-6-7-22(14(23)10-21)15-18-8-12(17)9-19-15/h2-5,8-9H,6-7,10H2,1H3,(H,20,24).